The Hall–Kier alpha value is -0.410. The number of fused-ring (bicyclic) bond motifs is 1. The van der Waals surface area contributed by atoms with E-state index >= 15 is 0 Å². The van der Waals surface area contributed by atoms with Crippen molar-refractivity contribution in [1.29, 1.82) is 0 Å². The number of rotatable bonds is 4. The van der Waals surface area contributed by atoms with Crippen molar-refractivity contribution in [2.45, 2.75) is 43.4 Å². The van der Waals surface area contributed by atoms with E-state index < -0.39 is 34.2 Å². The van der Waals surface area contributed by atoms with Crippen molar-refractivity contribution in [3.63, 3.8) is 0 Å². The summed E-state index contributed by atoms with van der Waals surface area (Å²) < 4.78 is 49.9. The van der Waals surface area contributed by atoms with Gasteiger partial charge in [-0.25, -0.2) is 8.78 Å². The van der Waals surface area contributed by atoms with Crippen LogP contribution in [0.1, 0.15) is 32.8 Å². The molecule has 2 atom stereocenters. The summed E-state index contributed by atoms with van der Waals surface area (Å²) in [5, 5.41) is 9.28. The summed E-state index contributed by atoms with van der Waals surface area (Å²) in [7, 11) is 0. The minimum atomic E-state index is -3.51. The number of alkyl halides is 2. The fraction of sp³-hybridized carbons (Fsp3) is 0.600. The molecule has 1 aromatic rings. The Balaban J connectivity index is 2.60. The van der Waals surface area contributed by atoms with Crippen molar-refractivity contribution in [1.82, 2.24) is 4.72 Å². The molecule has 0 aliphatic carbocycles. The van der Waals surface area contributed by atoms with Gasteiger partial charge in [0.2, 0.25) is 0 Å². The number of halogens is 3. The Bertz CT molecular complexity index is 582. The van der Waals surface area contributed by atoms with Crippen LogP contribution in [0.3, 0.4) is 0 Å². The number of ether oxygens (including phenoxy) is 1. The van der Waals surface area contributed by atoms with E-state index in [-0.39, 0.29) is 18.6 Å². The predicted molar refractivity (Wildman–Crippen MR) is 89.0 cm³/mol. The normalized spacial score (nSPS) is 23.1. The van der Waals surface area contributed by atoms with Gasteiger partial charge in [-0.1, -0.05) is 15.9 Å². The van der Waals surface area contributed by atoms with E-state index in [0.717, 1.165) is 0 Å². The van der Waals surface area contributed by atoms with Crippen LogP contribution in [0.5, 0.6) is 5.75 Å². The molecule has 2 rings (SSSR count). The number of nitrogens with one attached hydrogen (secondary N) is 1. The molecular formula is C15H20BrF2NO3S. The number of aliphatic hydroxyl groups is 1. The first-order valence-electron chi connectivity index (χ1n) is 7.15. The van der Waals surface area contributed by atoms with E-state index in [9.17, 15) is 18.4 Å². The van der Waals surface area contributed by atoms with Crippen LogP contribution in [-0.4, -0.2) is 33.5 Å². The van der Waals surface area contributed by atoms with E-state index in [0.29, 0.717) is 10.2 Å². The molecule has 1 heterocycles. The molecule has 1 aromatic carbocycles. The van der Waals surface area contributed by atoms with E-state index in [1.54, 1.807) is 32.9 Å². The van der Waals surface area contributed by atoms with Gasteiger partial charge in [0.1, 0.15) is 17.1 Å². The van der Waals surface area contributed by atoms with Gasteiger partial charge in [0, 0.05) is 27.8 Å². The molecule has 130 valence electrons. The number of hydrogen-bond donors (Lipinski definition) is 2. The van der Waals surface area contributed by atoms with Gasteiger partial charge in [0.05, 0.1) is 6.61 Å². The smallest absolute Gasteiger partial charge is 0.297 e. The quantitative estimate of drug-likeness (QED) is 0.747. The number of aliphatic hydroxyl groups excluding tert-OH is 1. The van der Waals surface area contributed by atoms with Crippen LogP contribution in [0.15, 0.2) is 22.7 Å². The first kappa shape index (κ1) is 18.9. The van der Waals surface area contributed by atoms with Crippen LogP contribution in [0.4, 0.5) is 8.78 Å². The molecule has 0 fully saturated rings. The van der Waals surface area contributed by atoms with Gasteiger partial charge in [0.15, 0.2) is 5.54 Å². The summed E-state index contributed by atoms with van der Waals surface area (Å²) in [5.74, 6) is -3.21. The van der Waals surface area contributed by atoms with Gasteiger partial charge in [0.25, 0.3) is 5.92 Å². The zero-order chi connectivity index (χ0) is 17.5. The Labute approximate surface area is 146 Å². The van der Waals surface area contributed by atoms with Gasteiger partial charge in [-0.3, -0.25) is 0 Å². The van der Waals surface area contributed by atoms with Crippen LogP contribution in [0.25, 0.3) is 0 Å². The number of benzene rings is 1. The third-order valence-corrected chi connectivity index (χ3v) is 5.92. The Morgan fingerprint density at radius 3 is 2.65 bits per heavy atom. The minimum Gasteiger partial charge on any atom is -0.598 e. The van der Waals surface area contributed by atoms with Crippen molar-refractivity contribution < 1.29 is 23.2 Å². The molecule has 8 heteroatoms. The van der Waals surface area contributed by atoms with Gasteiger partial charge >= 0.3 is 0 Å². The van der Waals surface area contributed by atoms with Crippen molar-refractivity contribution in [2.24, 2.45) is 0 Å². The van der Waals surface area contributed by atoms with Gasteiger partial charge in [-0.05, 0) is 39.0 Å². The molecule has 0 aromatic heterocycles. The van der Waals surface area contributed by atoms with Gasteiger partial charge in [-0.2, -0.15) is 0 Å². The molecule has 4 nitrogen and oxygen atoms in total. The predicted octanol–water partition coefficient (Wildman–Crippen LogP) is 3.11. The van der Waals surface area contributed by atoms with Crippen LogP contribution in [0.2, 0.25) is 0 Å². The van der Waals surface area contributed by atoms with Crippen molar-refractivity contribution >= 4 is 27.3 Å². The molecular weight excluding hydrogens is 392 g/mol. The molecule has 1 aliphatic heterocycles. The SMILES string of the molecule is CC(C)(C)[S+]([O-])N[C@]1(C(F)(F)CO)CCOc2ccc(Br)cc21. The van der Waals surface area contributed by atoms with Crippen molar-refractivity contribution in [3.8, 4) is 5.75 Å². The summed E-state index contributed by atoms with van der Waals surface area (Å²) in [6.07, 6.45) is -0.105. The largest absolute Gasteiger partial charge is 0.598 e. The fourth-order valence-corrected chi connectivity index (χ4v) is 3.76. The molecule has 1 unspecified atom stereocenters. The van der Waals surface area contributed by atoms with E-state index in [2.05, 4.69) is 20.7 Å². The number of hydrogen-bond acceptors (Lipinski definition) is 4. The second-order valence-electron chi connectivity index (χ2n) is 6.49. The molecule has 1 aliphatic rings. The highest BCUT2D eigenvalue weighted by Crippen LogP contribution is 2.48. The summed E-state index contributed by atoms with van der Waals surface area (Å²) in [4.78, 5) is 0. The Morgan fingerprint density at radius 1 is 1.43 bits per heavy atom. The van der Waals surface area contributed by atoms with E-state index in [1.807, 2.05) is 0 Å². The highest BCUT2D eigenvalue weighted by atomic mass is 79.9. The van der Waals surface area contributed by atoms with Gasteiger partial charge < -0.3 is 14.4 Å². The zero-order valence-corrected chi connectivity index (χ0v) is 15.6. The second-order valence-corrected chi connectivity index (χ2v) is 9.37. The van der Waals surface area contributed by atoms with Crippen LogP contribution < -0.4 is 9.46 Å². The molecule has 0 saturated carbocycles. The van der Waals surface area contributed by atoms with Crippen LogP contribution in [-0.2, 0) is 16.9 Å². The maximum Gasteiger partial charge on any atom is 0.297 e. The molecule has 0 spiro atoms. The lowest BCUT2D eigenvalue weighted by atomic mass is 9.80. The maximum atomic E-state index is 14.7. The van der Waals surface area contributed by atoms with Crippen LogP contribution >= 0.6 is 15.9 Å². The van der Waals surface area contributed by atoms with E-state index in [4.69, 9.17) is 4.74 Å². The standard InChI is InChI=1S/C15H20BrF2NO3S/c1-13(2,3)23(21)19-14(15(17,18)9-20)6-7-22-12-5-4-10(16)8-11(12)14/h4-5,8,19-20H,6-7,9H2,1-3H3/t14-,23?/m1/s1. The first-order chi connectivity index (χ1) is 10.5. The van der Waals surface area contributed by atoms with E-state index in [1.165, 1.54) is 6.07 Å². The lowest BCUT2D eigenvalue weighted by molar-refractivity contribution is -0.130. The van der Waals surface area contributed by atoms with Crippen molar-refractivity contribution in [2.75, 3.05) is 13.2 Å². The Kier molecular flexibility index (Phi) is 5.33. The lowest BCUT2D eigenvalue weighted by Crippen LogP contribution is -2.63. The highest BCUT2D eigenvalue weighted by molar-refractivity contribution is 9.10. The monoisotopic (exact) mass is 411 g/mol. The summed E-state index contributed by atoms with van der Waals surface area (Å²) >= 11 is 1.52. The van der Waals surface area contributed by atoms with Gasteiger partial charge in [-0.15, -0.1) is 4.72 Å². The third-order valence-electron chi connectivity index (χ3n) is 3.78. The topological polar surface area (TPSA) is 64.5 Å². The molecule has 0 amide bonds. The first-order valence-corrected chi connectivity index (χ1v) is 9.09. The molecule has 23 heavy (non-hydrogen) atoms. The minimum absolute atomic E-state index is 0.0402. The molecule has 2 N–H and O–H groups in total. The fourth-order valence-electron chi connectivity index (χ4n) is 2.42. The highest BCUT2D eigenvalue weighted by Gasteiger charge is 2.60. The third kappa shape index (κ3) is 3.51. The average molecular weight is 412 g/mol. The molecule has 0 radical (unpaired) electrons. The summed E-state index contributed by atoms with van der Waals surface area (Å²) in [6.45, 7) is 3.78. The lowest BCUT2D eigenvalue weighted by Gasteiger charge is -2.44. The Morgan fingerprint density at radius 2 is 2.09 bits per heavy atom. The zero-order valence-electron chi connectivity index (χ0n) is 13.2. The molecule has 0 bridgehead atoms. The second kappa shape index (κ2) is 6.48. The average Bonchev–Trinajstić information content (AvgIpc) is 2.46. The van der Waals surface area contributed by atoms with Crippen LogP contribution in [0, 0.1) is 0 Å². The summed E-state index contributed by atoms with van der Waals surface area (Å²) in [6, 6.07) is 4.79. The maximum absolute atomic E-state index is 14.7. The van der Waals surface area contributed by atoms with Crippen molar-refractivity contribution in [3.05, 3.63) is 28.2 Å². The summed E-state index contributed by atoms with van der Waals surface area (Å²) in [5.41, 5.74) is -1.77. The molecule has 0 saturated heterocycles.